The van der Waals surface area contributed by atoms with Gasteiger partial charge in [0, 0.05) is 17.5 Å². The lowest BCUT2D eigenvalue weighted by Crippen LogP contribution is -2.26. The fourth-order valence-corrected chi connectivity index (χ4v) is 2.40. The van der Waals surface area contributed by atoms with Crippen LogP contribution in [0.4, 0.5) is 0 Å². The molecule has 0 heterocycles. The van der Waals surface area contributed by atoms with Gasteiger partial charge in [0.15, 0.2) is 5.78 Å². The van der Waals surface area contributed by atoms with Crippen molar-refractivity contribution in [1.29, 1.82) is 0 Å². The Morgan fingerprint density at radius 1 is 1.19 bits per heavy atom. The SMILES string of the molecule is COc1cc(C(=O)C(C)C(N)c2ccccc2)ccc1Cl. The quantitative estimate of drug-likeness (QED) is 0.853. The van der Waals surface area contributed by atoms with E-state index in [4.69, 9.17) is 22.1 Å². The van der Waals surface area contributed by atoms with E-state index < -0.39 is 0 Å². The molecule has 0 fully saturated rings. The summed E-state index contributed by atoms with van der Waals surface area (Å²) in [6.07, 6.45) is 0. The lowest BCUT2D eigenvalue weighted by molar-refractivity contribution is 0.0912. The van der Waals surface area contributed by atoms with Crippen LogP contribution in [0.5, 0.6) is 5.75 Å². The maximum atomic E-state index is 12.6. The number of ketones is 1. The van der Waals surface area contributed by atoms with E-state index in [0.717, 1.165) is 5.56 Å². The fourth-order valence-electron chi connectivity index (χ4n) is 2.20. The predicted molar refractivity (Wildman–Crippen MR) is 84.9 cm³/mol. The number of nitrogens with two attached hydrogens (primary N) is 1. The summed E-state index contributed by atoms with van der Waals surface area (Å²) in [4.78, 5) is 12.6. The molecule has 0 aliphatic carbocycles. The summed E-state index contributed by atoms with van der Waals surface area (Å²) < 4.78 is 5.15. The van der Waals surface area contributed by atoms with E-state index in [9.17, 15) is 4.79 Å². The highest BCUT2D eigenvalue weighted by Crippen LogP contribution is 2.28. The minimum Gasteiger partial charge on any atom is -0.495 e. The van der Waals surface area contributed by atoms with Crippen LogP contribution in [0.2, 0.25) is 5.02 Å². The predicted octanol–water partition coefficient (Wildman–Crippen LogP) is 3.87. The topological polar surface area (TPSA) is 52.3 Å². The number of carbonyl (C=O) groups excluding carboxylic acids is 1. The second-order valence-electron chi connectivity index (χ2n) is 4.94. The minimum absolute atomic E-state index is 0.0266. The molecule has 0 bridgehead atoms. The van der Waals surface area contributed by atoms with Crippen molar-refractivity contribution < 1.29 is 9.53 Å². The average Bonchev–Trinajstić information content (AvgIpc) is 2.54. The van der Waals surface area contributed by atoms with Crippen molar-refractivity contribution in [3.8, 4) is 5.75 Å². The Hall–Kier alpha value is -1.84. The van der Waals surface area contributed by atoms with Crippen LogP contribution in [-0.4, -0.2) is 12.9 Å². The largest absolute Gasteiger partial charge is 0.495 e. The van der Waals surface area contributed by atoms with Crippen LogP contribution >= 0.6 is 11.6 Å². The van der Waals surface area contributed by atoms with Gasteiger partial charge in [-0.15, -0.1) is 0 Å². The van der Waals surface area contributed by atoms with Gasteiger partial charge in [0.1, 0.15) is 5.75 Å². The molecular weight excluding hydrogens is 286 g/mol. The zero-order valence-corrected chi connectivity index (χ0v) is 12.8. The van der Waals surface area contributed by atoms with Crippen LogP contribution in [-0.2, 0) is 0 Å². The van der Waals surface area contributed by atoms with Gasteiger partial charge in [-0.2, -0.15) is 0 Å². The first-order valence-corrected chi connectivity index (χ1v) is 7.10. The smallest absolute Gasteiger partial charge is 0.167 e. The minimum atomic E-state index is -0.347. The highest BCUT2D eigenvalue weighted by molar-refractivity contribution is 6.32. The molecule has 4 heteroatoms. The first-order chi connectivity index (χ1) is 10.0. The number of carbonyl (C=O) groups is 1. The molecular formula is C17H18ClNO2. The van der Waals surface area contributed by atoms with E-state index in [2.05, 4.69) is 0 Å². The van der Waals surface area contributed by atoms with Crippen LogP contribution < -0.4 is 10.5 Å². The first-order valence-electron chi connectivity index (χ1n) is 6.73. The third kappa shape index (κ3) is 3.43. The van der Waals surface area contributed by atoms with E-state index in [-0.39, 0.29) is 17.7 Å². The molecule has 2 aromatic rings. The van der Waals surface area contributed by atoms with Gasteiger partial charge in [-0.25, -0.2) is 0 Å². The second kappa shape index (κ2) is 6.74. The van der Waals surface area contributed by atoms with Crippen LogP contribution in [0.1, 0.15) is 28.9 Å². The standard InChI is InChI=1S/C17H18ClNO2/c1-11(16(19)12-6-4-3-5-7-12)17(20)13-8-9-14(18)15(10-13)21-2/h3-11,16H,19H2,1-2H3. The fraction of sp³-hybridized carbons (Fsp3) is 0.235. The van der Waals surface area contributed by atoms with E-state index in [1.807, 2.05) is 37.3 Å². The molecule has 21 heavy (non-hydrogen) atoms. The second-order valence-corrected chi connectivity index (χ2v) is 5.35. The van der Waals surface area contributed by atoms with Crippen molar-refractivity contribution >= 4 is 17.4 Å². The number of hydrogen-bond donors (Lipinski definition) is 1. The lowest BCUT2D eigenvalue weighted by Gasteiger charge is -2.19. The van der Waals surface area contributed by atoms with Gasteiger partial charge in [-0.1, -0.05) is 48.9 Å². The monoisotopic (exact) mass is 303 g/mol. The molecule has 2 N–H and O–H groups in total. The van der Waals surface area contributed by atoms with Crippen molar-refractivity contribution in [2.75, 3.05) is 7.11 Å². The summed E-state index contributed by atoms with van der Waals surface area (Å²) in [5.41, 5.74) is 7.69. The number of rotatable bonds is 5. The third-order valence-corrected chi connectivity index (χ3v) is 3.88. The van der Waals surface area contributed by atoms with Gasteiger partial charge in [-0.05, 0) is 23.8 Å². The molecule has 3 nitrogen and oxygen atoms in total. The zero-order valence-electron chi connectivity index (χ0n) is 12.0. The van der Waals surface area contributed by atoms with Crippen LogP contribution in [0.3, 0.4) is 0 Å². The molecule has 2 aromatic carbocycles. The number of hydrogen-bond acceptors (Lipinski definition) is 3. The Labute approximate surface area is 129 Å². The Balaban J connectivity index is 2.23. The molecule has 0 aliphatic rings. The van der Waals surface area contributed by atoms with Gasteiger partial charge in [0.25, 0.3) is 0 Å². The van der Waals surface area contributed by atoms with Crippen LogP contribution in [0, 0.1) is 5.92 Å². The maximum absolute atomic E-state index is 12.6. The highest BCUT2D eigenvalue weighted by Gasteiger charge is 2.23. The van der Waals surface area contributed by atoms with E-state index >= 15 is 0 Å². The molecule has 0 saturated carbocycles. The lowest BCUT2D eigenvalue weighted by atomic mass is 9.89. The van der Waals surface area contributed by atoms with Crippen LogP contribution in [0.15, 0.2) is 48.5 Å². The summed E-state index contributed by atoms with van der Waals surface area (Å²) in [5, 5.41) is 0.481. The van der Waals surface area contributed by atoms with Crippen LogP contribution in [0.25, 0.3) is 0 Å². The molecule has 0 aromatic heterocycles. The molecule has 2 unspecified atom stereocenters. The zero-order chi connectivity index (χ0) is 15.4. The van der Waals surface area contributed by atoms with E-state index in [1.165, 1.54) is 7.11 Å². The number of methoxy groups -OCH3 is 1. The molecule has 0 spiro atoms. The van der Waals surface area contributed by atoms with Crippen molar-refractivity contribution in [3.05, 3.63) is 64.7 Å². The highest BCUT2D eigenvalue weighted by atomic mass is 35.5. The van der Waals surface area contributed by atoms with Gasteiger partial charge in [-0.3, -0.25) is 4.79 Å². The molecule has 2 rings (SSSR count). The number of Topliss-reactive ketones (excluding diaryl/α,β-unsaturated/α-hetero) is 1. The Kier molecular flexibility index (Phi) is 4.99. The van der Waals surface area contributed by atoms with E-state index in [0.29, 0.717) is 16.3 Å². The number of ether oxygens (including phenoxy) is 1. The molecule has 0 amide bonds. The molecule has 0 saturated heterocycles. The van der Waals surface area contributed by atoms with Crippen molar-refractivity contribution in [2.24, 2.45) is 11.7 Å². The summed E-state index contributed by atoms with van der Waals surface area (Å²) in [6.45, 7) is 1.83. The molecule has 110 valence electrons. The average molecular weight is 304 g/mol. The number of benzene rings is 2. The third-order valence-electron chi connectivity index (χ3n) is 3.57. The Morgan fingerprint density at radius 2 is 1.86 bits per heavy atom. The van der Waals surface area contributed by atoms with Crippen molar-refractivity contribution in [1.82, 2.24) is 0 Å². The molecule has 0 aliphatic heterocycles. The summed E-state index contributed by atoms with van der Waals surface area (Å²) in [7, 11) is 1.52. The van der Waals surface area contributed by atoms with Crippen molar-refractivity contribution in [3.63, 3.8) is 0 Å². The summed E-state index contributed by atoms with van der Waals surface area (Å²) >= 11 is 5.98. The van der Waals surface area contributed by atoms with Gasteiger partial charge < -0.3 is 10.5 Å². The van der Waals surface area contributed by atoms with Gasteiger partial charge >= 0.3 is 0 Å². The summed E-state index contributed by atoms with van der Waals surface area (Å²) in [5.74, 6) is 0.127. The van der Waals surface area contributed by atoms with Gasteiger partial charge in [0.2, 0.25) is 0 Å². The summed E-state index contributed by atoms with van der Waals surface area (Å²) in [6, 6.07) is 14.3. The normalized spacial score (nSPS) is 13.5. The number of halogens is 1. The van der Waals surface area contributed by atoms with Gasteiger partial charge in [0.05, 0.1) is 12.1 Å². The molecule has 2 atom stereocenters. The van der Waals surface area contributed by atoms with Crippen molar-refractivity contribution in [2.45, 2.75) is 13.0 Å². The maximum Gasteiger partial charge on any atom is 0.167 e. The molecule has 0 radical (unpaired) electrons. The first kappa shape index (κ1) is 15.5. The Bertz CT molecular complexity index is 628. The Morgan fingerprint density at radius 3 is 2.48 bits per heavy atom. The van der Waals surface area contributed by atoms with E-state index in [1.54, 1.807) is 18.2 Å².